The molecule has 1 atom stereocenters. The van der Waals surface area contributed by atoms with E-state index in [1.807, 2.05) is 6.92 Å². The Morgan fingerprint density at radius 1 is 1.35 bits per heavy atom. The molecule has 0 spiro atoms. The number of aromatic nitrogens is 2. The number of fused-ring (bicyclic) bond motifs is 1. The van der Waals surface area contributed by atoms with Crippen LogP contribution in [0.15, 0.2) is 18.2 Å². The van der Waals surface area contributed by atoms with Crippen molar-refractivity contribution in [1.82, 2.24) is 9.78 Å². The average molecular weight is 322 g/mol. The monoisotopic (exact) mass is 322 g/mol. The third kappa shape index (κ3) is 3.20. The molecule has 6 heteroatoms. The molecule has 0 aliphatic carbocycles. The first-order valence-corrected chi connectivity index (χ1v) is 7.70. The Hall–Kier alpha value is -2.00. The highest BCUT2D eigenvalue weighted by Gasteiger charge is 2.38. The van der Waals surface area contributed by atoms with Crippen LogP contribution in [0, 0.1) is 11.8 Å². The van der Waals surface area contributed by atoms with Gasteiger partial charge in [-0.3, -0.25) is 0 Å². The van der Waals surface area contributed by atoms with E-state index >= 15 is 0 Å². The van der Waals surface area contributed by atoms with Gasteiger partial charge < -0.3 is 4.74 Å². The average Bonchev–Trinajstić information content (AvgIpc) is 2.92. The van der Waals surface area contributed by atoms with Crippen molar-refractivity contribution in [2.45, 2.75) is 45.0 Å². The second-order valence-electron chi connectivity index (χ2n) is 5.50. The van der Waals surface area contributed by atoms with Gasteiger partial charge in [0.1, 0.15) is 0 Å². The van der Waals surface area contributed by atoms with Crippen LogP contribution in [-0.4, -0.2) is 16.4 Å². The molecule has 1 aromatic carbocycles. The molecule has 1 aromatic heterocycles. The van der Waals surface area contributed by atoms with E-state index in [0.717, 1.165) is 12.8 Å². The molecule has 1 unspecified atom stereocenters. The first-order valence-electron chi connectivity index (χ1n) is 7.70. The van der Waals surface area contributed by atoms with Gasteiger partial charge >= 0.3 is 6.18 Å². The van der Waals surface area contributed by atoms with E-state index in [2.05, 4.69) is 16.9 Å². The van der Waals surface area contributed by atoms with Crippen molar-refractivity contribution in [2.24, 2.45) is 0 Å². The van der Waals surface area contributed by atoms with Gasteiger partial charge in [0.2, 0.25) is 0 Å². The van der Waals surface area contributed by atoms with Gasteiger partial charge in [-0.05, 0) is 37.5 Å². The number of rotatable bonds is 1. The highest BCUT2D eigenvalue weighted by atomic mass is 19.4. The standard InChI is InChI=1S/C17H17F3N2O/c1-2-3-6-12-8-9-14-13(11-12)16(17(18,19)20)21-22(14)15-7-4-5-10-23-15/h8-9,11,15H,2,4-5,7,10H2,1H3. The molecule has 0 saturated carbocycles. The maximum atomic E-state index is 13.3. The van der Waals surface area contributed by atoms with Crippen LogP contribution >= 0.6 is 0 Å². The molecule has 2 aromatic rings. The van der Waals surface area contributed by atoms with Crippen LogP contribution in [0.4, 0.5) is 13.2 Å². The van der Waals surface area contributed by atoms with E-state index in [9.17, 15) is 13.2 Å². The van der Waals surface area contributed by atoms with Crippen LogP contribution in [-0.2, 0) is 10.9 Å². The number of hydrogen-bond donors (Lipinski definition) is 0. The zero-order valence-corrected chi connectivity index (χ0v) is 12.8. The van der Waals surface area contributed by atoms with Crippen molar-refractivity contribution in [3.63, 3.8) is 0 Å². The lowest BCUT2D eigenvalue weighted by Crippen LogP contribution is -2.19. The third-order valence-corrected chi connectivity index (χ3v) is 3.81. The molecular weight excluding hydrogens is 305 g/mol. The van der Waals surface area contributed by atoms with E-state index in [1.54, 1.807) is 12.1 Å². The molecule has 122 valence electrons. The number of benzene rings is 1. The number of alkyl halides is 3. The van der Waals surface area contributed by atoms with Crippen LogP contribution < -0.4 is 0 Å². The maximum Gasteiger partial charge on any atom is 0.435 e. The molecular formula is C17H17F3N2O. The van der Waals surface area contributed by atoms with Gasteiger partial charge in [0.25, 0.3) is 0 Å². The molecule has 23 heavy (non-hydrogen) atoms. The van der Waals surface area contributed by atoms with Crippen LogP contribution in [0.5, 0.6) is 0 Å². The Morgan fingerprint density at radius 2 is 2.17 bits per heavy atom. The van der Waals surface area contributed by atoms with Gasteiger partial charge in [0, 0.05) is 24.0 Å². The van der Waals surface area contributed by atoms with Crippen molar-refractivity contribution in [3.05, 3.63) is 29.5 Å². The van der Waals surface area contributed by atoms with E-state index < -0.39 is 18.1 Å². The Balaban J connectivity index is 2.14. The maximum absolute atomic E-state index is 13.3. The lowest BCUT2D eigenvalue weighted by atomic mass is 10.1. The van der Waals surface area contributed by atoms with Crippen molar-refractivity contribution >= 4 is 10.9 Å². The summed E-state index contributed by atoms with van der Waals surface area (Å²) in [4.78, 5) is 0. The SMILES string of the molecule is CCC#Cc1ccc2c(c1)c(C(F)(F)F)nn2C1CCCCO1. The van der Waals surface area contributed by atoms with Crippen molar-refractivity contribution < 1.29 is 17.9 Å². The molecule has 1 aliphatic heterocycles. The van der Waals surface area contributed by atoms with Crippen molar-refractivity contribution in [3.8, 4) is 11.8 Å². The minimum atomic E-state index is -4.50. The quantitative estimate of drug-likeness (QED) is 0.722. The van der Waals surface area contributed by atoms with Gasteiger partial charge in [-0.25, -0.2) is 4.68 Å². The van der Waals surface area contributed by atoms with Crippen LogP contribution in [0.1, 0.15) is 50.1 Å². The third-order valence-electron chi connectivity index (χ3n) is 3.81. The number of nitrogens with zero attached hydrogens (tertiary/aromatic N) is 2. The summed E-state index contributed by atoms with van der Waals surface area (Å²) in [5.41, 5.74) is 0.127. The number of ether oxygens (including phenoxy) is 1. The minimum absolute atomic E-state index is 0.0783. The fourth-order valence-corrected chi connectivity index (χ4v) is 2.75. The fraction of sp³-hybridized carbons (Fsp3) is 0.471. The van der Waals surface area contributed by atoms with Gasteiger partial charge in [-0.1, -0.05) is 18.8 Å². The minimum Gasteiger partial charge on any atom is -0.356 e. The second kappa shape index (κ2) is 6.25. The fourth-order valence-electron chi connectivity index (χ4n) is 2.75. The predicted octanol–water partition coefficient (Wildman–Crippen LogP) is 4.52. The summed E-state index contributed by atoms with van der Waals surface area (Å²) < 4.78 is 47.0. The Labute approximate surface area is 132 Å². The summed E-state index contributed by atoms with van der Waals surface area (Å²) in [5, 5.41) is 3.90. The zero-order chi connectivity index (χ0) is 16.4. The molecule has 1 fully saturated rings. The highest BCUT2D eigenvalue weighted by molar-refractivity contribution is 5.84. The second-order valence-corrected chi connectivity index (χ2v) is 5.50. The Kier molecular flexibility index (Phi) is 4.31. The molecule has 0 amide bonds. The summed E-state index contributed by atoms with van der Waals surface area (Å²) in [6.07, 6.45) is -1.76. The largest absolute Gasteiger partial charge is 0.435 e. The summed E-state index contributed by atoms with van der Waals surface area (Å²) in [7, 11) is 0. The number of hydrogen-bond acceptors (Lipinski definition) is 2. The topological polar surface area (TPSA) is 27.1 Å². The first kappa shape index (κ1) is 15.9. The van der Waals surface area contributed by atoms with Crippen molar-refractivity contribution in [1.29, 1.82) is 0 Å². The number of halogens is 3. The zero-order valence-electron chi connectivity index (χ0n) is 12.8. The van der Waals surface area contributed by atoms with Crippen LogP contribution in [0.25, 0.3) is 10.9 Å². The van der Waals surface area contributed by atoms with Gasteiger partial charge in [0.15, 0.2) is 11.9 Å². The summed E-state index contributed by atoms with van der Waals surface area (Å²) in [6, 6.07) is 4.84. The van der Waals surface area contributed by atoms with E-state index in [4.69, 9.17) is 4.74 Å². The predicted molar refractivity (Wildman–Crippen MR) is 80.7 cm³/mol. The molecule has 0 N–H and O–H groups in total. The van der Waals surface area contributed by atoms with Crippen LogP contribution in [0.2, 0.25) is 0 Å². The normalized spacial score (nSPS) is 18.7. The molecule has 2 heterocycles. The molecule has 3 nitrogen and oxygen atoms in total. The van der Waals surface area contributed by atoms with Crippen molar-refractivity contribution in [2.75, 3.05) is 6.61 Å². The summed E-state index contributed by atoms with van der Waals surface area (Å²) in [5.74, 6) is 5.74. The van der Waals surface area contributed by atoms with E-state index in [1.165, 1.54) is 10.7 Å². The van der Waals surface area contributed by atoms with Gasteiger partial charge in [-0.2, -0.15) is 18.3 Å². The lowest BCUT2D eigenvalue weighted by Gasteiger charge is -2.23. The summed E-state index contributed by atoms with van der Waals surface area (Å²) in [6.45, 7) is 2.44. The Morgan fingerprint density at radius 3 is 2.83 bits per heavy atom. The Bertz CT molecular complexity index is 762. The molecule has 0 bridgehead atoms. The van der Waals surface area contributed by atoms with Crippen LogP contribution in [0.3, 0.4) is 0 Å². The lowest BCUT2D eigenvalue weighted by molar-refractivity contribution is -0.141. The van der Waals surface area contributed by atoms with Gasteiger partial charge in [-0.15, -0.1) is 0 Å². The van der Waals surface area contributed by atoms with E-state index in [0.29, 0.717) is 30.5 Å². The van der Waals surface area contributed by atoms with E-state index in [-0.39, 0.29) is 5.39 Å². The summed E-state index contributed by atoms with van der Waals surface area (Å²) >= 11 is 0. The van der Waals surface area contributed by atoms with Gasteiger partial charge in [0.05, 0.1) is 5.52 Å². The smallest absolute Gasteiger partial charge is 0.356 e. The first-order chi connectivity index (χ1) is 11.0. The highest BCUT2D eigenvalue weighted by Crippen LogP contribution is 2.36. The molecule has 3 rings (SSSR count). The molecule has 1 saturated heterocycles. The molecule has 0 radical (unpaired) electrons. The molecule has 1 aliphatic rings.